The first-order valence-corrected chi connectivity index (χ1v) is 8.87. The molecule has 2 aliphatic heterocycles. The highest BCUT2D eigenvalue weighted by Crippen LogP contribution is 2.20. The lowest BCUT2D eigenvalue weighted by atomic mass is 9.94. The zero-order valence-electron chi connectivity index (χ0n) is 14.5. The van der Waals surface area contributed by atoms with Gasteiger partial charge in [0.1, 0.15) is 0 Å². The maximum atomic E-state index is 12.2. The van der Waals surface area contributed by atoms with E-state index in [0.717, 1.165) is 52.2 Å². The molecule has 2 fully saturated rings. The summed E-state index contributed by atoms with van der Waals surface area (Å²) in [6, 6.07) is 0.413. The number of rotatable bonds is 6. The van der Waals surface area contributed by atoms with E-state index in [9.17, 15) is 4.79 Å². The highest BCUT2D eigenvalue weighted by atomic mass is 16.5. The lowest BCUT2D eigenvalue weighted by Gasteiger charge is -2.34. The Hall–Kier alpha value is -0.650. The van der Waals surface area contributed by atoms with E-state index in [1.54, 1.807) is 0 Å². The van der Waals surface area contributed by atoms with Gasteiger partial charge < -0.3 is 19.9 Å². The van der Waals surface area contributed by atoms with E-state index in [0.29, 0.717) is 24.5 Å². The maximum absolute atomic E-state index is 12.2. The Morgan fingerprint density at radius 2 is 2.00 bits per heavy atom. The van der Waals surface area contributed by atoms with E-state index < -0.39 is 0 Å². The smallest absolute Gasteiger partial charge is 0.223 e. The number of ether oxygens (including phenoxy) is 1. The fraction of sp³-hybridized carbons (Fsp3) is 0.941. The number of piperazine rings is 1. The lowest BCUT2D eigenvalue weighted by molar-refractivity contribution is -0.132. The summed E-state index contributed by atoms with van der Waals surface area (Å²) in [5.41, 5.74) is 0. The van der Waals surface area contributed by atoms with Gasteiger partial charge in [0, 0.05) is 51.8 Å². The van der Waals surface area contributed by atoms with Crippen molar-refractivity contribution in [2.24, 2.45) is 5.92 Å². The van der Waals surface area contributed by atoms with E-state index >= 15 is 0 Å². The van der Waals surface area contributed by atoms with Gasteiger partial charge in [-0.15, -0.1) is 0 Å². The number of nitrogens with one attached hydrogen (secondary N) is 1. The molecule has 0 aromatic rings. The summed E-state index contributed by atoms with van der Waals surface area (Å²) in [7, 11) is 2.11. The van der Waals surface area contributed by atoms with E-state index in [2.05, 4.69) is 31.1 Å². The molecule has 0 saturated carbocycles. The van der Waals surface area contributed by atoms with Crippen LogP contribution in [0.3, 0.4) is 0 Å². The third-order valence-corrected chi connectivity index (χ3v) is 4.75. The molecule has 1 amide bonds. The quantitative estimate of drug-likeness (QED) is 0.804. The first-order valence-electron chi connectivity index (χ1n) is 8.87. The fourth-order valence-corrected chi connectivity index (χ4v) is 3.35. The van der Waals surface area contributed by atoms with Crippen LogP contribution in [0.1, 0.15) is 39.5 Å². The van der Waals surface area contributed by atoms with E-state index in [4.69, 9.17) is 4.74 Å². The summed E-state index contributed by atoms with van der Waals surface area (Å²) in [5.74, 6) is 0.942. The second-order valence-electron chi connectivity index (χ2n) is 7.18. The predicted octanol–water partition coefficient (Wildman–Crippen LogP) is 1.33. The van der Waals surface area contributed by atoms with Crippen molar-refractivity contribution in [2.75, 3.05) is 46.4 Å². The van der Waals surface area contributed by atoms with Crippen LogP contribution in [0, 0.1) is 5.92 Å². The minimum atomic E-state index is 0.290. The molecule has 2 rings (SSSR count). The second-order valence-corrected chi connectivity index (χ2v) is 7.18. The summed E-state index contributed by atoms with van der Waals surface area (Å²) >= 11 is 0. The summed E-state index contributed by atoms with van der Waals surface area (Å²) in [4.78, 5) is 16.5. The molecule has 0 bridgehead atoms. The van der Waals surface area contributed by atoms with E-state index in [-0.39, 0.29) is 5.91 Å². The molecular formula is C17H33N3O2. The van der Waals surface area contributed by atoms with Crippen LogP contribution in [-0.4, -0.2) is 74.2 Å². The first-order chi connectivity index (χ1) is 10.6. The molecule has 2 heterocycles. The third kappa shape index (κ3) is 5.52. The van der Waals surface area contributed by atoms with Crippen molar-refractivity contribution in [1.29, 1.82) is 0 Å². The number of carbonyl (C=O) groups is 1. The van der Waals surface area contributed by atoms with Crippen molar-refractivity contribution in [3.8, 4) is 0 Å². The summed E-state index contributed by atoms with van der Waals surface area (Å²) in [5, 5.41) is 3.57. The van der Waals surface area contributed by atoms with Crippen molar-refractivity contribution < 1.29 is 9.53 Å². The van der Waals surface area contributed by atoms with Crippen molar-refractivity contribution >= 4 is 5.91 Å². The van der Waals surface area contributed by atoms with Crippen LogP contribution < -0.4 is 5.32 Å². The van der Waals surface area contributed by atoms with Gasteiger partial charge in [-0.25, -0.2) is 0 Å². The Morgan fingerprint density at radius 1 is 1.27 bits per heavy atom. The standard InChI is InChI=1S/C17H33N3O2/c1-14(2)13-16-15(5-4-12-22-16)18-7-6-17(21)20-10-8-19(3)9-11-20/h14-16,18H,4-13H2,1-3H3/t15-,16+/m1/s1. The molecule has 0 radical (unpaired) electrons. The largest absolute Gasteiger partial charge is 0.377 e. The van der Waals surface area contributed by atoms with Gasteiger partial charge in [-0.3, -0.25) is 4.79 Å². The number of amides is 1. The molecular weight excluding hydrogens is 278 g/mol. The Morgan fingerprint density at radius 3 is 2.68 bits per heavy atom. The topological polar surface area (TPSA) is 44.8 Å². The fourth-order valence-electron chi connectivity index (χ4n) is 3.35. The molecule has 0 aromatic carbocycles. The molecule has 128 valence electrons. The van der Waals surface area contributed by atoms with Gasteiger partial charge in [0.15, 0.2) is 0 Å². The molecule has 2 aliphatic rings. The Labute approximate surface area is 135 Å². The van der Waals surface area contributed by atoms with Gasteiger partial charge >= 0.3 is 0 Å². The minimum Gasteiger partial charge on any atom is -0.377 e. The number of carbonyl (C=O) groups excluding carboxylic acids is 1. The average Bonchev–Trinajstić information content (AvgIpc) is 2.49. The third-order valence-electron chi connectivity index (χ3n) is 4.75. The molecule has 2 saturated heterocycles. The van der Waals surface area contributed by atoms with Crippen molar-refractivity contribution in [2.45, 2.75) is 51.7 Å². The van der Waals surface area contributed by atoms with Crippen molar-refractivity contribution in [1.82, 2.24) is 15.1 Å². The summed E-state index contributed by atoms with van der Waals surface area (Å²) in [6.45, 7) is 9.87. The van der Waals surface area contributed by atoms with Crippen molar-refractivity contribution in [3.05, 3.63) is 0 Å². The highest BCUT2D eigenvalue weighted by Gasteiger charge is 2.26. The highest BCUT2D eigenvalue weighted by molar-refractivity contribution is 5.76. The minimum absolute atomic E-state index is 0.290. The molecule has 0 aliphatic carbocycles. The molecule has 1 N–H and O–H groups in total. The van der Waals surface area contributed by atoms with Crippen LogP contribution in [-0.2, 0) is 9.53 Å². The Kier molecular flexibility index (Phi) is 7.12. The molecule has 0 spiro atoms. The average molecular weight is 311 g/mol. The number of hydrogen-bond acceptors (Lipinski definition) is 4. The molecule has 2 atom stereocenters. The SMILES string of the molecule is CC(C)C[C@@H]1OCCC[C@H]1NCCC(=O)N1CCN(C)CC1. The van der Waals surface area contributed by atoms with E-state index in [1.165, 1.54) is 6.42 Å². The van der Waals surface area contributed by atoms with Gasteiger partial charge in [-0.05, 0) is 32.2 Å². The van der Waals surface area contributed by atoms with Crippen LogP contribution in [0.4, 0.5) is 0 Å². The molecule has 22 heavy (non-hydrogen) atoms. The van der Waals surface area contributed by atoms with Crippen LogP contribution in [0.15, 0.2) is 0 Å². The molecule has 0 aromatic heterocycles. The predicted molar refractivity (Wildman–Crippen MR) is 88.9 cm³/mol. The normalized spacial score (nSPS) is 27.4. The Bertz CT molecular complexity index is 341. The number of hydrogen-bond donors (Lipinski definition) is 1. The maximum Gasteiger partial charge on any atom is 0.223 e. The van der Waals surface area contributed by atoms with Gasteiger partial charge in [-0.2, -0.15) is 0 Å². The van der Waals surface area contributed by atoms with Crippen LogP contribution in [0.2, 0.25) is 0 Å². The van der Waals surface area contributed by atoms with Gasteiger partial charge in [0.2, 0.25) is 5.91 Å². The monoisotopic (exact) mass is 311 g/mol. The van der Waals surface area contributed by atoms with Gasteiger partial charge in [-0.1, -0.05) is 13.8 Å². The summed E-state index contributed by atoms with van der Waals surface area (Å²) in [6.07, 6.45) is 4.31. The summed E-state index contributed by atoms with van der Waals surface area (Å²) < 4.78 is 5.92. The zero-order valence-corrected chi connectivity index (χ0v) is 14.5. The van der Waals surface area contributed by atoms with Crippen molar-refractivity contribution in [3.63, 3.8) is 0 Å². The molecule has 5 nitrogen and oxygen atoms in total. The molecule has 5 heteroatoms. The zero-order chi connectivity index (χ0) is 15.9. The van der Waals surface area contributed by atoms with Crippen LogP contribution in [0.5, 0.6) is 0 Å². The Balaban J connectivity index is 1.69. The second kappa shape index (κ2) is 8.85. The molecule has 0 unspecified atom stereocenters. The lowest BCUT2D eigenvalue weighted by Crippen LogP contribution is -2.49. The number of nitrogens with zero attached hydrogens (tertiary/aromatic N) is 2. The van der Waals surface area contributed by atoms with Gasteiger partial charge in [0.05, 0.1) is 6.10 Å². The van der Waals surface area contributed by atoms with E-state index in [1.807, 2.05) is 4.90 Å². The number of likely N-dealkylation sites (N-methyl/N-ethyl adjacent to an activating group) is 1. The van der Waals surface area contributed by atoms with Crippen LogP contribution in [0.25, 0.3) is 0 Å². The van der Waals surface area contributed by atoms with Crippen LogP contribution >= 0.6 is 0 Å². The first kappa shape index (κ1) is 17.7. The van der Waals surface area contributed by atoms with Gasteiger partial charge in [0.25, 0.3) is 0 Å².